The minimum absolute atomic E-state index is 0.208. The molecule has 0 saturated carbocycles. The highest BCUT2D eigenvalue weighted by Crippen LogP contribution is 2.15. The van der Waals surface area contributed by atoms with Gasteiger partial charge in [-0.3, -0.25) is 4.79 Å². The topological polar surface area (TPSA) is 71.8 Å². The molecule has 0 radical (unpaired) electrons. The summed E-state index contributed by atoms with van der Waals surface area (Å²) in [7, 11) is 0. The van der Waals surface area contributed by atoms with Crippen molar-refractivity contribution in [1.29, 1.82) is 0 Å². The van der Waals surface area contributed by atoms with Crippen LogP contribution >= 0.6 is 11.6 Å². The van der Waals surface area contributed by atoms with Gasteiger partial charge in [-0.25, -0.2) is 0 Å². The van der Waals surface area contributed by atoms with E-state index in [0.717, 1.165) is 5.56 Å². The molecule has 0 unspecified atom stereocenters. The maximum atomic E-state index is 11.2. The maximum absolute atomic E-state index is 11.2. The zero-order valence-electron chi connectivity index (χ0n) is 10.3. The van der Waals surface area contributed by atoms with Crippen molar-refractivity contribution >= 4 is 11.6 Å². The van der Waals surface area contributed by atoms with Crippen LogP contribution in [0.1, 0.15) is 11.4 Å². The summed E-state index contributed by atoms with van der Waals surface area (Å²) >= 11 is 5.83. The molecule has 0 aliphatic heterocycles. The Bertz CT molecular complexity index is 777. The maximum Gasteiger partial charge on any atom is 0.274 e. The van der Waals surface area contributed by atoms with Crippen molar-refractivity contribution in [3.8, 4) is 11.6 Å². The Morgan fingerprint density at radius 2 is 1.95 bits per heavy atom. The molecule has 0 bridgehead atoms. The molecule has 0 amide bonds. The van der Waals surface area contributed by atoms with Gasteiger partial charge >= 0.3 is 0 Å². The summed E-state index contributed by atoms with van der Waals surface area (Å²) in [5.41, 5.74) is 1.33. The van der Waals surface area contributed by atoms with E-state index in [1.807, 2.05) is 24.3 Å². The van der Waals surface area contributed by atoms with E-state index in [0.29, 0.717) is 28.9 Å². The molecule has 100 valence electrons. The molecule has 0 atom stereocenters. The molecule has 3 rings (SSSR count). The van der Waals surface area contributed by atoms with Crippen LogP contribution in [0.2, 0.25) is 5.02 Å². The predicted octanol–water partition coefficient (Wildman–Crippen LogP) is 2.67. The van der Waals surface area contributed by atoms with E-state index in [9.17, 15) is 4.79 Å². The monoisotopic (exact) mass is 287 g/mol. The highest BCUT2D eigenvalue weighted by atomic mass is 35.5. The minimum atomic E-state index is -0.208. The van der Waals surface area contributed by atoms with Gasteiger partial charge in [-0.1, -0.05) is 35.0 Å². The molecule has 3 aromatic rings. The van der Waals surface area contributed by atoms with Crippen LogP contribution in [0, 0.1) is 0 Å². The van der Waals surface area contributed by atoms with Gasteiger partial charge in [0.05, 0.1) is 0 Å². The van der Waals surface area contributed by atoms with Crippen molar-refractivity contribution in [3.63, 3.8) is 0 Å². The van der Waals surface area contributed by atoms with Crippen LogP contribution < -0.4 is 5.56 Å². The minimum Gasteiger partial charge on any atom is -0.332 e. The Balaban J connectivity index is 1.83. The number of nitrogens with zero attached hydrogens (tertiary/aromatic N) is 2. The van der Waals surface area contributed by atoms with Crippen molar-refractivity contribution in [2.24, 2.45) is 0 Å². The molecular formula is C14H10ClN3O2. The Kier molecular flexibility index (Phi) is 3.35. The van der Waals surface area contributed by atoms with Crippen molar-refractivity contribution in [1.82, 2.24) is 15.1 Å². The van der Waals surface area contributed by atoms with E-state index in [2.05, 4.69) is 15.1 Å². The number of hydrogen-bond acceptors (Lipinski definition) is 4. The molecule has 5 nitrogen and oxygen atoms in total. The van der Waals surface area contributed by atoms with Gasteiger partial charge in [-0.05, 0) is 23.8 Å². The van der Waals surface area contributed by atoms with Gasteiger partial charge in [-0.15, -0.1) is 0 Å². The quantitative estimate of drug-likeness (QED) is 0.804. The first-order valence-corrected chi connectivity index (χ1v) is 6.35. The van der Waals surface area contributed by atoms with Gasteiger partial charge in [0.1, 0.15) is 5.69 Å². The SMILES string of the molecule is O=c1cccc(-c2nc(Cc3ccc(Cl)cc3)no2)[nH]1. The van der Waals surface area contributed by atoms with Gasteiger partial charge in [0, 0.05) is 17.5 Å². The highest BCUT2D eigenvalue weighted by Gasteiger charge is 2.09. The van der Waals surface area contributed by atoms with Crippen molar-refractivity contribution in [3.05, 3.63) is 69.2 Å². The second kappa shape index (κ2) is 5.30. The summed E-state index contributed by atoms with van der Waals surface area (Å²) in [5, 5.41) is 4.58. The molecular weight excluding hydrogens is 278 g/mol. The third kappa shape index (κ3) is 2.78. The number of H-pyrrole nitrogens is 1. The Labute approximate surface area is 119 Å². The van der Waals surface area contributed by atoms with E-state index < -0.39 is 0 Å². The van der Waals surface area contributed by atoms with Crippen LogP contribution in [-0.2, 0) is 6.42 Å². The van der Waals surface area contributed by atoms with Crippen molar-refractivity contribution < 1.29 is 4.52 Å². The largest absolute Gasteiger partial charge is 0.332 e. The molecule has 2 aromatic heterocycles. The van der Waals surface area contributed by atoms with E-state index >= 15 is 0 Å². The lowest BCUT2D eigenvalue weighted by molar-refractivity contribution is 0.422. The number of rotatable bonds is 3. The van der Waals surface area contributed by atoms with Crippen molar-refractivity contribution in [2.75, 3.05) is 0 Å². The molecule has 0 spiro atoms. The smallest absolute Gasteiger partial charge is 0.274 e. The van der Waals surface area contributed by atoms with Gasteiger partial charge in [0.15, 0.2) is 5.82 Å². The molecule has 20 heavy (non-hydrogen) atoms. The molecule has 6 heteroatoms. The summed E-state index contributed by atoms with van der Waals surface area (Å²) in [6.07, 6.45) is 0.539. The molecule has 0 aliphatic rings. The lowest BCUT2D eigenvalue weighted by Crippen LogP contribution is -2.03. The van der Waals surface area contributed by atoms with E-state index in [-0.39, 0.29) is 5.56 Å². The first kappa shape index (κ1) is 12.6. The summed E-state index contributed by atoms with van der Waals surface area (Å²) in [6.45, 7) is 0. The Morgan fingerprint density at radius 1 is 1.15 bits per heavy atom. The molecule has 1 N–H and O–H groups in total. The van der Waals surface area contributed by atoms with E-state index in [1.165, 1.54) is 6.07 Å². The first-order chi connectivity index (χ1) is 9.70. The molecule has 0 fully saturated rings. The lowest BCUT2D eigenvalue weighted by Gasteiger charge is -1.96. The fourth-order valence-corrected chi connectivity index (χ4v) is 1.92. The normalized spacial score (nSPS) is 10.7. The summed E-state index contributed by atoms with van der Waals surface area (Å²) in [4.78, 5) is 18.1. The number of aromatic amines is 1. The molecule has 1 aromatic carbocycles. The molecule has 0 aliphatic carbocycles. The van der Waals surface area contributed by atoms with Crippen LogP contribution in [0.5, 0.6) is 0 Å². The number of benzene rings is 1. The third-order valence-electron chi connectivity index (χ3n) is 2.74. The predicted molar refractivity (Wildman–Crippen MR) is 74.6 cm³/mol. The average Bonchev–Trinajstić information content (AvgIpc) is 2.90. The third-order valence-corrected chi connectivity index (χ3v) is 2.99. The second-order valence-electron chi connectivity index (χ2n) is 4.25. The fraction of sp³-hybridized carbons (Fsp3) is 0.0714. The first-order valence-electron chi connectivity index (χ1n) is 5.97. The van der Waals surface area contributed by atoms with Gasteiger partial charge in [0.25, 0.3) is 5.89 Å². The number of nitrogens with one attached hydrogen (secondary N) is 1. The Hall–Kier alpha value is -2.40. The lowest BCUT2D eigenvalue weighted by atomic mass is 10.1. The van der Waals surface area contributed by atoms with Crippen molar-refractivity contribution in [2.45, 2.75) is 6.42 Å². The Morgan fingerprint density at radius 3 is 2.70 bits per heavy atom. The van der Waals surface area contributed by atoms with Crippen LogP contribution in [0.4, 0.5) is 0 Å². The van der Waals surface area contributed by atoms with Gasteiger partial charge in [0.2, 0.25) is 5.56 Å². The van der Waals surface area contributed by atoms with Gasteiger partial charge in [-0.2, -0.15) is 4.98 Å². The summed E-state index contributed by atoms with van der Waals surface area (Å²) < 4.78 is 5.14. The van der Waals surface area contributed by atoms with Gasteiger partial charge < -0.3 is 9.51 Å². The number of aromatic nitrogens is 3. The standard InChI is InChI=1S/C14H10ClN3O2/c15-10-6-4-9(5-7-10)8-12-17-14(20-18-12)11-2-1-3-13(19)16-11/h1-7H,8H2,(H,16,19). The van der Waals surface area contributed by atoms with E-state index in [1.54, 1.807) is 12.1 Å². The molecule has 0 saturated heterocycles. The van der Waals surface area contributed by atoms with E-state index in [4.69, 9.17) is 16.1 Å². The van der Waals surface area contributed by atoms with Crippen LogP contribution in [0.3, 0.4) is 0 Å². The zero-order valence-corrected chi connectivity index (χ0v) is 11.1. The fourth-order valence-electron chi connectivity index (χ4n) is 1.79. The molecule has 2 heterocycles. The highest BCUT2D eigenvalue weighted by molar-refractivity contribution is 6.30. The number of halogens is 1. The summed E-state index contributed by atoms with van der Waals surface area (Å²) in [5.74, 6) is 0.846. The van der Waals surface area contributed by atoms with Crippen LogP contribution in [-0.4, -0.2) is 15.1 Å². The zero-order chi connectivity index (χ0) is 13.9. The second-order valence-corrected chi connectivity index (χ2v) is 4.68. The average molecular weight is 288 g/mol. The summed E-state index contributed by atoms with van der Waals surface area (Å²) in [6, 6.07) is 12.2. The number of pyridine rings is 1. The number of hydrogen-bond donors (Lipinski definition) is 1. The van der Waals surface area contributed by atoms with Crippen LogP contribution in [0.25, 0.3) is 11.6 Å². The van der Waals surface area contributed by atoms with Crippen LogP contribution in [0.15, 0.2) is 51.8 Å².